The van der Waals surface area contributed by atoms with Crippen molar-refractivity contribution < 1.29 is 0 Å². The molecule has 0 aromatic heterocycles. The van der Waals surface area contributed by atoms with Crippen LogP contribution in [0.1, 0.15) is 107 Å². The van der Waals surface area contributed by atoms with Gasteiger partial charge in [-0.15, -0.1) is 0 Å². The molecule has 138 valence electrons. The van der Waals surface area contributed by atoms with Gasteiger partial charge in [-0.3, -0.25) is 0 Å². The van der Waals surface area contributed by atoms with Crippen molar-refractivity contribution in [1.29, 1.82) is 0 Å². The molecule has 0 saturated heterocycles. The molecular weight excluding hydrogens is 300 g/mol. The summed E-state index contributed by atoms with van der Waals surface area (Å²) in [5.74, 6) is 1.42. The first-order chi connectivity index (χ1) is 12.3. The van der Waals surface area contributed by atoms with Crippen molar-refractivity contribution >= 4 is 0 Å². The molecule has 0 spiro atoms. The third-order valence-corrected chi connectivity index (χ3v) is 5.91. The highest BCUT2D eigenvalue weighted by Gasteiger charge is 2.11. The molecule has 1 fully saturated rings. The van der Waals surface area contributed by atoms with E-state index in [0.29, 0.717) is 5.92 Å². The van der Waals surface area contributed by atoms with Gasteiger partial charge in [-0.1, -0.05) is 107 Å². The van der Waals surface area contributed by atoms with Gasteiger partial charge in [-0.05, 0) is 48.6 Å². The van der Waals surface area contributed by atoms with Crippen LogP contribution in [-0.2, 0) is 0 Å². The summed E-state index contributed by atoms with van der Waals surface area (Å²) in [6, 6.07) is 18.4. The molecule has 1 aromatic rings. The lowest BCUT2D eigenvalue weighted by molar-refractivity contribution is 0.463. The summed E-state index contributed by atoms with van der Waals surface area (Å²) in [6.45, 7) is 4.58. The van der Waals surface area contributed by atoms with Gasteiger partial charge in [0.05, 0.1) is 0 Å². The summed E-state index contributed by atoms with van der Waals surface area (Å²) in [5.41, 5.74) is 2.99. The van der Waals surface area contributed by atoms with Crippen molar-refractivity contribution in [2.24, 2.45) is 0 Å². The van der Waals surface area contributed by atoms with Crippen LogP contribution in [-0.4, -0.2) is 0 Å². The molecule has 0 unspecified atom stereocenters. The Bertz CT molecular complexity index is 487. The summed E-state index contributed by atoms with van der Waals surface area (Å²) in [4.78, 5) is 0. The minimum atomic E-state index is 0.676. The lowest BCUT2D eigenvalue weighted by Gasteiger charge is -2.18. The first kappa shape index (κ1) is 20.0. The van der Waals surface area contributed by atoms with Gasteiger partial charge in [0.1, 0.15) is 0 Å². The zero-order valence-corrected chi connectivity index (χ0v) is 16.6. The Morgan fingerprint density at radius 2 is 1.12 bits per heavy atom. The van der Waals surface area contributed by atoms with Gasteiger partial charge in [-0.25, -0.2) is 0 Å². The average molecular weight is 339 g/mol. The van der Waals surface area contributed by atoms with E-state index in [1.165, 1.54) is 81.8 Å². The monoisotopic (exact) mass is 338 g/mol. The van der Waals surface area contributed by atoms with Crippen molar-refractivity contribution in [2.75, 3.05) is 0 Å². The topological polar surface area (TPSA) is 0 Å². The average Bonchev–Trinajstić information content (AvgIpc) is 2.65. The standard InChI is InChI=1S/C25H38/c1-3-22(4-2)23-18-12-14-20-25(21-15-13-19-23)24-16-10-8-6-5-7-9-11-17-24/h12-15,18-22,24H,3-11,16-17H2,1-2H3. The van der Waals surface area contributed by atoms with Gasteiger partial charge in [-0.2, -0.15) is 0 Å². The Balaban J connectivity index is 2.18. The molecule has 0 atom stereocenters. The molecule has 1 aliphatic carbocycles. The zero-order valence-electron chi connectivity index (χ0n) is 16.6. The van der Waals surface area contributed by atoms with Gasteiger partial charge in [0, 0.05) is 0 Å². The van der Waals surface area contributed by atoms with Crippen LogP contribution in [0.3, 0.4) is 0 Å². The highest BCUT2D eigenvalue weighted by Crippen LogP contribution is 2.29. The Kier molecular flexibility index (Phi) is 9.70. The molecule has 0 nitrogen and oxygen atoms in total. The quantitative estimate of drug-likeness (QED) is 0.517. The van der Waals surface area contributed by atoms with Crippen LogP contribution in [0.15, 0.2) is 48.5 Å². The van der Waals surface area contributed by atoms with E-state index in [4.69, 9.17) is 0 Å². The van der Waals surface area contributed by atoms with Crippen molar-refractivity contribution in [3.05, 3.63) is 59.7 Å². The van der Waals surface area contributed by atoms with Gasteiger partial charge >= 0.3 is 0 Å². The second kappa shape index (κ2) is 12.1. The van der Waals surface area contributed by atoms with E-state index in [1.807, 2.05) is 0 Å². The molecule has 0 amide bonds. The van der Waals surface area contributed by atoms with Crippen LogP contribution in [0, 0.1) is 0 Å². The van der Waals surface area contributed by atoms with E-state index in [1.54, 1.807) is 0 Å². The Morgan fingerprint density at radius 3 is 1.60 bits per heavy atom. The van der Waals surface area contributed by atoms with Crippen LogP contribution in [0.25, 0.3) is 0 Å². The maximum Gasteiger partial charge on any atom is -0.0162 e. The molecule has 0 aliphatic heterocycles. The smallest absolute Gasteiger partial charge is 0.0162 e. The highest BCUT2D eigenvalue weighted by atomic mass is 14.2. The van der Waals surface area contributed by atoms with Gasteiger partial charge < -0.3 is 0 Å². The second-order valence-electron chi connectivity index (χ2n) is 7.70. The summed E-state index contributed by atoms with van der Waals surface area (Å²) in [7, 11) is 0. The zero-order chi connectivity index (χ0) is 17.7. The van der Waals surface area contributed by atoms with Crippen molar-refractivity contribution in [3.8, 4) is 0 Å². The molecule has 25 heavy (non-hydrogen) atoms. The highest BCUT2D eigenvalue weighted by molar-refractivity contribution is 5.21. The van der Waals surface area contributed by atoms with E-state index in [2.05, 4.69) is 62.4 Å². The van der Waals surface area contributed by atoms with E-state index in [-0.39, 0.29) is 0 Å². The van der Waals surface area contributed by atoms with E-state index in [0.717, 1.165) is 5.92 Å². The van der Waals surface area contributed by atoms with E-state index >= 15 is 0 Å². The molecule has 1 aliphatic rings. The molecule has 1 saturated carbocycles. The van der Waals surface area contributed by atoms with E-state index in [9.17, 15) is 0 Å². The first-order valence-electron chi connectivity index (χ1n) is 10.8. The van der Waals surface area contributed by atoms with Crippen molar-refractivity contribution in [1.82, 2.24) is 0 Å². The van der Waals surface area contributed by atoms with Crippen LogP contribution in [0.5, 0.6) is 0 Å². The molecule has 0 N–H and O–H groups in total. The maximum atomic E-state index is 2.37. The van der Waals surface area contributed by atoms with Crippen LogP contribution in [0.4, 0.5) is 0 Å². The minimum Gasteiger partial charge on any atom is -0.0648 e. The second-order valence-corrected chi connectivity index (χ2v) is 7.70. The third-order valence-electron chi connectivity index (χ3n) is 5.91. The van der Waals surface area contributed by atoms with Crippen LogP contribution >= 0.6 is 0 Å². The fourth-order valence-electron chi connectivity index (χ4n) is 4.23. The Labute approximate surface area is 156 Å². The molecule has 0 bridgehead atoms. The van der Waals surface area contributed by atoms with Crippen molar-refractivity contribution in [2.45, 2.75) is 96.3 Å². The minimum absolute atomic E-state index is 0.676. The molecule has 0 heterocycles. The number of hydrogen-bond donors (Lipinski definition) is 0. The lowest BCUT2D eigenvalue weighted by Crippen LogP contribution is -2.00. The lowest BCUT2D eigenvalue weighted by atomic mass is 9.87. The fraction of sp³-hybridized carbons (Fsp3) is 0.600. The summed E-state index contributed by atoms with van der Waals surface area (Å²) in [6.07, 6.45) is 15.1. The summed E-state index contributed by atoms with van der Waals surface area (Å²) < 4.78 is 0. The van der Waals surface area contributed by atoms with E-state index < -0.39 is 0 Å². The molecular formula is C25H38. The third kappa shape index (κ3) is 7.22. The van der Waals surface area contributed by atoms with Crippen LogP contribution in [0.2, 0.25) is 0 Å². The first-order valence-corrected chi connectivity index (χ1v) is 10.8. The van der Waals surface area contributed by atoms with Crippen molar-refractivity contribution in [3.63, 3.8) is 0 Å². The summed E-state index contributed by atoms with van der Waals surface area (Å²) >= 11 is 0. The predicted molar refractivity (Wildman–Crippen MR) is 112 cm³/mol. The fourth-order valence-corrected chi connectivity index (χ4v) is 4.23. The largest absolute Gasteiger partial charge is 0.0648 e. The normalized spacial score (nSPS) is 17.1. The molecule has 0 radical (unpaired) electrons. The van der Waals surface area contributed by atoms with Crippen LogP contribution < -0.4 is 0 Å². The van der Waals surface area contributed by atoms with Gasteiger partial charge in [0.2, 0.25) is 0 Å². The maximum absolute atomic E-state index is 2.37. The predicted octanol–water partition coefficient (Wildman–Crippen LogP) is 8.32. The molecule has 0 heteroatoms. The SMILES string of the molecule is CCC(CC)c1ccccc(C2CCCCCCCCC2)cccc1. The summed E-state index contributed by atoms with van der Waals surface area (Å²) in [5, 5.41) is 0. The number of hydrogen-bond acceptors (Lipinski definition) is 0. The molecule has 2 rings (SSSR count). The van der Waals surface area contributed by atoms with Gasteiger partial charge in [0.25, 0.3) is 0 Å². The Hall–Kier alpha value is -1.30. The van der Waals surface area contributed by atoms with Gasteiger partial charge in [0.15, 0.2) is 0 Å². The molecule has 1 aromatic carbocycles. The Morgan fingerprint density at radius 1 is 0.680 bits per heavy atom. The number of rotatable bonds is 4.